The first-order valence-electron chi connectivity index (χ1n) is 4.54. The van der Waals surface area contributed by atoms with Crippen molar-refractivity contribution in [3.8, 4) is 0 Å². The quantitative estimate of drug-likeness (QED) is 0.563. The normalized spacial score (nSPS) is 9.86. The summed E-state index contributed by atoms with van der Waals surface area (Å²) < 4.78 is 0. The van der Waals surface area contributed by atoms with Gasteiger partial charge in [-0.15, -0.1) is 11.8 Å². The summed E-state index contributed by atoms with van der Waals surface area (Å²) in [4.78, 5) is 3.36. The van der Waals surface area contributed by atoms with E-state index in [4.69, 9.17) is 0 Å². The number of rotatable bonds is 8. The average molecular weight is 209 g/mol. The van der Waals surface area contributed by atoms with Gasteiger partial charge in [0, 0.05) is 13.1 Å². The van der Waals surface area contributed by atoms with Gasteiger partial charge in [0.2, 0.25) is 0 Å². The van der Waals surface area contributed by atoms with Crippen LogP contribution in [0.3, 0.4) is 0 Å². The van der Waals surface area contributed by atoms with Gasteiger partial charge in [-0.2, -0.15) is 0 Å². The topological polar surface area (TPSA) is 3.24 Å². The summed E-state index contributed by atoms with van der Waals surface area (Å²) >= 11 is 1.60. The van der Waals surface area contributed by atoms with Gasteiger partial charge < -0.3 is 4.90 Å². The molecule has 1 nitrogen and oxygen atoms in total. The number of thioether (sulfide) groups is 1. The Bertz CT molecular complexity index is 230. The lowest BCUT2D eigenvalue weighted by Gasteiger charge is -2.16. The Morgan fingerprint density at radius 2 is 2.00 bits per heavy atom. The summed E-state index contributed by atoms with van der Waals surface area (Å²) in [5, 5.41) is 1.81. The van der Waals surface area contributed by atoms with Crippen LogP contribution in [-0.2, 0) is 0 Å². The Morgan fingerprint density at radius 1 is 1.36 bits per heavy atom. The molecule has 0 N–H and O–H groups in total. The Labute approximate surface area is 91.9 Å². The van der Waals surface area contributed by atoms with Gasteiger partial charge in [-0.1, -0.05) is 32.4 Å². The molecule has 0 aliphatic rings. The number of nitrogens with zero attached hydrogens (tertiary/aromatic N) is 1. The van der Waals surface area contributed by atoms with Crippen LogP contribution in [0.2, 0.25) is 0 Å². The highest BCUT2D eigenvalue weighted by Crippen LogP contribution is 2.17. The van der Waals surface area contributed by atoms with E-state index in [1.165, 1.54) is 0 Å². The summed E-state index contributed by atoms with van der Waals surface area (Å²) in [6.45, 7) is 17.0. The van der Waals surface area contributed by atoms with Crippen molar-refractivity contribution in [2.75, 3.05) is 20.1 Å². The first-order chi connectivity index (χ1) is 6.60. The fraction of sp³-hybridized carbons (Fsp3) is 0.333. The van der Waals surface area contributed by atoms with E-state index < -0.39 is 0 Å². The van der Waals surface area contributed by atoms with E-state index in [-0.39, 0.29) is 0 Å². The SMILES string of the molecule is C=CSC(=C)CCN(C)CC(=C)C=C. The zero-order valence-electron chi connectivity index (χ0n) is 8.96. The molecule has 0 amide bonds. The van der Waals surface area contributed by atoms with Crippen LogP contribution in [0.25, 0.3) is 0 Å². The molecule has 0 heterocycles. The van der Waals surface area contributed by atoms with E-state index >= 15 is 0 Å². The Morgan fingerprint density at radius 3 is 2.50 bits per heavy atom. The Hall–Kier alpha value is -0.730. The zero-order valence-corrected chi connectivity index (χ0v) is 9.78. The molecule has 0 atom stereocenters. The molecule has 14 heavy (non-hydrogen) atoms. The number of hydrogen-bond donors (Lipinski definition) is 0. The second-order valence-electron chi connectivity index (χ2n) is 3.17. The van der Waals surface area contributed by atoms with E-state index in [0.29, 0.717) is 0 Å². The molecule has 0 bridgehead atoms. The van der Waals surface area contributed by atoms with E-state index in [9.17, 15) is 0 Å². The molecule has 0 saturated carbocycles. The van der Waals surface area contributed by atoms with E-state index in [2.05, 4.69) is 38.3 Å². The average Bonchev–Trinajstić information content (AvgIpc) is 2.15. The first-order valence-corrected chi connectivity index (χ1v) is 5.42. The minimum atomic E-state index is 0.871. The maximum atomic E-state index is 3.94. The molecular weight excluding hydrogens is 190 g/mol. The smallest absolute Gasteiger partial charge is 0.0224 e. The van der Waals surface area contributed by atoms with Crippen molar-refractivity contribution in [1.82, 2.24) is 4.90 Å². The van der Waals surface area contributed by atoms with E-state index in [1.54, 1.807) is 17.8 Å². The standard InChI is InChI=1S/C12H19NS/c1-6-11(3)10-13(5)9-8-12(4)14-7-2/h6-7H,1-4,8-10H2,5H3. The fourth-order valence-electron chi connectivity index (χ4n) is 0.983. The molecule has 0 aromatic heterocycles. The van der Waals surface area contributed by atoms with Crippen LogP contribution in [0.15, 0.2) is 48.3 Å². The Kier molecular flexibility index (Phi) is 7.25. The van der Waals surface area contributed by atoms with E-state index in [1.807, 2.05) is 5.41 Å². The molecular formula is C12H19NS. The molecule has 0 unspecified atom stereocenters. The second-order valence-corrected chi connectivity index (χ2v) is 4.32. The lowest BCUT2D eigenvalue weighted by Crippen LogP contribution is -2.21. The predicted molar refractivity (Wildman–Crippen MR) is 68.4 cm³/mol. The van der Waals surface area contributed by atoms with Gasteiger partial charge in [-0.05, 0) is 29.4 Å². The molecule has 0 aliphatic carbocycles. The van der Waals surface area contributed by atoms with Crippen molar-refractivity contribution >= 4 is 11.8 Å². The highest BCUT2D eigenvalue weighted by molar-refractivity contribution is 8.05. The largest absolute Gasteiger partial charge is 0.302 e. The molecule has 0 saturated heterocycles. The van der Waals surface area contributed by atoms with Crippen molar-refractivity contribution in [3.05, 3.63) is 48.3 Å². The number of likely N-dealkylation sites (N-methyl/N-ethyl adjacent to an activating group) is 1. The predicted octanol–water partition coefficient (Wildman–Crippen LogP) is 3.44. The molecule has 0 aliphatic heterocycles. The van der Waals surface area contributed by atoms with Crippen molar-refractivity contribution in [2.24, 2.45) is 0 Å². The lowest BCUT2D eigenvalue weighted by molar-refractivity contribution is 0.372. The Balaban J connectivity index is 3.67. The van der Waals surface area contributed by atoms with Crippen LogP contribution in [0.4, 0.5) is 0 Å². The molecule has 0 radical (unpaired) electrons. The van der Waals surface area contributed by atoms with Crippen LogP contribution in [0.5, 0.6) is 0 Å². The maximum absolute atomic E-state index is 3.94. The zero-order chi connectivity index (χ0) is 11.0. The van der Waals surface area contributed by atoms with Gasteiger partial charge in [0.1, 0.15) is 0 Å². The van der Waals surface area contributed by atoms with Crippen LogP contribution in [0, 0.1) is 0 Å². The summed E-state index contributed by atoms with van der Waals surface area (Å²) in [7, 11) is 2.07. The summed E-state index contributed by atoms with van der Waals surface area (Å²) in [6, 6.07) is 0. The summed E-state index contributed by atoms with van der Waals surface area (Å²) in [6.07, 6.45) is 2.78. The van der Waals surface area contributed by atoms with Crippen LogP contribution >= 0.6 is 11.8 Å². The van der Waals surface area contributed by atoms with Crippen molar-refractivity contribution in [2.45, 2.75) is 6.42 Å². The molecule has 0 aromatic rings. The van der Waals surface area contributed by atoms with Crippen LogP contribution in [-0.4, -0.2) is 25.0 Å². The van der Waals surface area contributed by atoms with Crippen LogP contribution < -0.4 is 0 Å². The monoisotopic (exact) mass is 209 g/mol. The van der Waals surface area contributed by atoms with Gasteiger partial charge >= 0.3 is 0 Å². The van der Waals surface area contributed by atoms with Crippen molar-refractivity contribution in [1.29, 1.82) is 0 Å². The molecule has 78 valence electrons. The van der Waals surface area contributed by atoms with Gasteiger partial charge in [-0.3, -0.25) is 0 Å². The molecule has 2 heteroatoms. The third-order valence-electron chi connectivity index (χ3n) is 1.78. The van der Waals surface area contributed by atoms with Gasteiger partial charge in [0.15, 0.2) is 0 Å². The summed E-state index contributed by atoms with van der Waals surface area (Å²) in [5.41, 5.74) is 1.05. The molecule has 0 fully saturated rings. The minimum Gasteiger partial charge on any atom is -0.302 e. The van der Waals surface area contributed by atoms with Crippen molar-refractivity contribution < 1.29 is 0 Å². The third-order valence-corrected chi connectivity index (χ3v) is 2.49. The van der Waals surface area contributed by atoms with Gasteiger partial charge in [-0.25, -0.2) is 0 Å². The molecule has 0 rings (SSSR count). The second kappa shape index (κ2) is 7.65. The summed E-state index contributed by atoms with van der Waals surface area (Å²) in [5.74, 6) is 0. The number of hydrogen-bond acceptors (Lipinski definition) is 2. The van der Waals surface area contributed by atoms with Gasteiger partial charge in [0.05, 0.1) is 0 Å². The van der Waals surface area contributed by atoms with Crippen molar-refractivity contribution in [3.63, 3.8) is 0 Å². The highest BCUT2D eigenvalue weighted by atomic mass is 32.2. The highest BCUT2D eigenvalue weighted by Gasteiger charge is 2.00. The molecule has 0 spiro atoms. The van der Waals surface area contributed by atoms with Gasteiger partial charge in [0.25, 0.3) is 0 Å². The fourth-order valence-corrected chi connectivity index (χ4v) is 1.43. The van der Waals surface area contributed by atoms with Crippen LogP contribution in [0.1, 0.15) is 6.42 Å². The maximum Gasteiger partial charge on any atom is 0.0224 e. The lowest BCUT2D eigenvalue weighted by atomic mass is 10.3. The third kappa shape index (κ3) is 6.75. The molecule has 0 aromatic carbocycles. The van der Waals surface area contributed by atoms with E-state index in [0.717, 1.165) is 30.0 Å². The first kappa shape index (κ1) is 13.3. The minimum absolute atomic E-state index is 0.871.